The number of hydrogen-bond donors (Lipinski definition) is 5. The number of amides is 5. The van der Waals surface area contributed by atoms with Crippen LogP contribution in [-0.2, 0) is 19.2 Å². The topological polar surface area (TPSA) is 163 Å². The Morgan fingerprint density at radius 2 is 1.44 bits per heavy atom. The molecule has 1 aromatic rings. The molecule has 0 aliphatic heterocycles. The fourth-order valence-corrected chi connectivity index (χ4v) is 5.07. The first-order valence-corrected chi connectivity index (χ1v) is 16.4. The number of likely N-dealkylation sites (N-methyl/N-ethyl adjacent to an activating group) is 2. The molecule has 0 aliphatic carbocycles. The monoisotopic (exact) mass is 632 g/mol. The van der Waals surface area contributed by atoms with Crippen molar-refractivity contribution in [1.29, 1.82) is 0 Å². The zero-order chi connectivity index (χ0) is 34.1. The molecule has 12 nitrogen and oxygen atoms in total. The van der Waals surface area contributed by atoms with E-state index >= 15 is 0 Å². The molecule has 1 heterocycles. The van der Waals surface area contributed by atoms with Crippen molar-refractivity contribution >= 4 is 29.5 Å². The van der Waals surface area contributed by atoms with Gasteiger partial charge in [0.25, 0.3) is 5.91 Å². The molecule has 5 amide bonds. The summed E-state index contributed by atoms with van der Waals surface area (Å²) in [4.78, 5) is 69.9. The molecule has 1 rings (SSSR count). The van der Waals surface area contributed by atoms with E-state index in [0.717, 1.165) is 0 Å². The van der Waals surface area contributed by atoms with E-state index in [1.807, 2.05) is 34.6 Å². The van der Waals surface area contributed by atoms with Gasteiger partial charge in [-0.15, -0.1) is 0 Å². The third-order valence-electron chi connectivity index (χ3n) is 7.61. The SMILES string of the molecule is CCC[C@H](NC(=O)c1cc[nH+]cc1)C(=O)N(C)[C@@H](CCC)C(=O)N[C@H](CN[C@@H](C)C(=O)N[C@H](C(=O)NCC)C(C)C)CC(C)C. The molecule has 0 radical (unpaired) electrons. The summed E-state index contributed by atoms with van der Waals surface area (Å²) in [6.07, 6.45) is 6.17. The number of nitrogens with zero attached hydrogens (tertiary/aromatic N) is 1. The summed E-state index contributed by atoms with van der Waals surface area (Å²) in [5.41, 5.74) is 0.434. The van der Waals surface area contributed by atoms with E-state index in [4.69, 9.17) is 0 Å². The van der Waals surface area contributed by atoms with Crippen LogP contribution in [0.25, 0.3) is 0 Å². The highest BCUT2D eigenvalue weighted by atomic mass is 16.2. The maximum absolute atomic E-state index is 13.7. The largest absolute Gasteiger partial charge is 0.355 e. The van der Waals surface area contributed by atoms with Gasteiger partial charge in [0, 0.05) is 38.3 Å². The summed E-state index contributed by atoms with van der Waals surface area (Å²) < 4.78 is 0. The molecule has 5 atom stereocenters. The minimum Gasteiger partial charge on any atom is -0.355 e. The van der Waals surface area contributed by atoms with E-state index < -0.39 is 24.2 Å². The van der Waals surface area contributed by atoms with E-state index in [1.165, 1.54) is 4.90 Å². The summed E-state index contributed by atoms with van der Waals surface area (Å²) in [5, 5.41) is 14.8. The van der Waals surface area contributed by atoms with Gasteiger partial charge in [0.1, 0.15) is 18.1 Å². The van der Waals surface area contributed by atoms with Gasteiger partial charge < -0.3 is 31.5 Å². The van der Waals surface area contributed by atoms with Gasteiger partial charge >= 0.3 is 0 Å². The van der Waals surface area contributed by atoms with E-state index in [-0.39, 0.29) is 47.4 Å². The molecule has 12 heteroatoms. The Morgan fingerprint density at radius 1 is 0.822 bits per heavy atom. The van der Waals surface area contributed by atoms with Crippen LogP contribution in [0.4, 0.5) is 0 Å². The molecule has 6 N–H and O–H groups in total. The van der Waals surface area contributed by atoms with Crippen LogP contribution in [-0.4, -0.2) is 84.8 Å². The van der Waals surface area contributed by atoms with Gasteiger partial charge in [-0.3, -0.25) is 24.0 Å². The van der Waals surface area contributed by atoms with Gasteiger partial charge in [-0.1, -0.05) is 54.4 Å². The van der Waals surface area contributed by atoms with Crippen molar-refractivity contribution in [2.75, 3.05) is 20.1 Å². The second kappa shape index (κ2) is 20.5. The molecule has 0 spiro atoms. The predicted octanol–water partition coefficient (Wildman–Crippen LogP) is 1.81. The van der Waals surface area contributed by atoms with E-state index in [2.05, 4.69) is 45.4 Å². The molecular weight excluding hydrogens is 574 g/mol. The van der Waals surface area contributed by atoms with Gasteiger partial charge in [0.15, 0.2) is 12.4 Å². The molecule has 0 unspecified atom stereocenters. The second-order valence-electron chi connectivity index (χ2n) is 12.4. The van der Waals surface area contributed by atoms with Gasteiger partial charge in [-0.25, -0.2) is 4.98 Å². The van der Waals surface area contributed by atoms with Gasteiger partial charge in [0.2, 0.25) is 23.6 Å². The van der Waals surface area contributed by atoms with Crippen molar-refractivity contribution in [3.05, 3.63) is 30.1 Å². The lowest BCUT2D eigenvalue weighted by Crippen LogP contribution is -2.57. The standard InChI is InChI=1S/C33H57N7O5/c1-10-13-26(38-30(42)24-15-17-34-18-16-24)33(45)40(9)27(14-11-2)31(43)37-25(19-21(4)5)20-36-23(8)29(41)39-28(22(6)7)32(44)35-12-3/h15-18,21-23,25-28,36H,10-14,19-20H2,1-9H3,(H,35,44)(H,37,43)(H,38,42)(H,39,41)/p+1/t23-,25-,26-,27-,28-/m0/s1. The molecule has 45 heavy (non-hydrogen) atoms. The average Bonchev–Trinajstić information content (AvgIpc) is 2.99. The Bertz CT molecular complexity index is 1080. The van der Waals surface area contributed by atoms with Crippen molar-refractivity contribution < 1.29 is 29.0 Å². The van der Waals surface area contributed by atoms with Crippen LogP contribution < -0.4 is 31.6 Å². The minimum absolute atomic E-state index is 0.0851. The summed E-state index contributed by atoms with van der Waals surface area (Å²) in [7, 11) is 1.61. The number of hydrogen-bond acceptors (Lipinski definition) is 6. The zero-order valence-electron chi connectivity index (χ0n) is 28.8. The molecule has 254 valence electrons. The second-order valence-corrected chi connectivity index (χ2v) is 12.4. The van der Waals surface area contributed by atoms with Gasteiger partial charge in [-0.05, 0) is 44.9 Å². The van der Waals surface area contributed by atoms with Crippen molar-refractivity contribution in [2.24, 2.45) is 11.8 Å². The van der Waals surface area contributed by atoms with E-state index in [0.29, 0.717) is 50.8 Å². The lowest BCUT2D eigenvalue weighted by Gasteiger charge is -2.32. The number of H-pyrrole nitrogens is 1. The Hall–Kier alpha value is -3.54. The molecular formula is C33H58N7O5+. The average molecular weight is 633 g/mol. The molecule has 0 aliphatic rings. The summed E-state index contributed by atoms with van der Waals surface area (Å²) in [6, 6.07) is 0.209. The Labute approximate surface area is 269 Å². The fourth-order valence-electron chi connectivity index (χ4n) is 5.07. The van der Waals surface area contributed by atoms with E-state index in [9.17, 15) is 24.0 Å². The third kappa shape index (κ3) is 13.5. The zero-order valence-corrected chi connectivity index (χ0v) is 28.8. The Kier molecular flexibility index (Phi) is 18.0. The normalized spacial score (nSPS) is 14.6. The van der Waals surface area contributed by atoms with Crippen molar-refractivity contribution in [1.82, 2.24) is 31.5 Å². The predicted molar refractivity (Wildman–Crippen MR) is 175 cm³/mol. The number of carbonyl (C=O) groups excluding carboxylic acids is 5. The highest BCUT2D eigenvalue weighted by Gasteiger charge is 2.33. The minimum atomic E-state index is -0.773. The third-order valence-corrected chi connectivity index (χ3v) is 7.61. The lowest BCUT2D eigenvalue weighted by molar-refractivity contribution is -0.378. The first-order valence-electron chi connectivity index (χ1n) is 16.4. The highest BCUT2D eigenvalue weighted by Crippen LogP contribution is 2.13. The molecule has 1 aromatic heterocycles. The van der Waals surface area contributed by atoms with Crippen molar-refractivity contribution in [3.63, 3.8) is 0 Å². The molecule has 0 bridgehead atoms. The highest BCUT2D eigenvalue weighted by molar-refractivity contribution is 5.98. The summed E-state index contributed by atoms with van der Waals surface area (Å²) in [5.74, 6) is -1.32. The molecule has 0 saturated heterocycles. The van der Waals surface area contributed by atoms with Crippen LogP contribution in [0.15, 0.2) is 24.5 Å². The Balaban J connectivity index is 2.99. The van der Waals surface area contributed by atoms with Crippen LogP contribution in [0.1, 0.15) is 97.9 Å². The summed E-state index contributed by atoms with van der Waals surface area (Å²) in [6.45, 7) is 16.1. The molecule has 0 fully saturated rings. The van der Waals surface area contributed by atoms with Gasteiger partial charge in [0.05, 0.1) is 11.6 Å². The maximum atomic E-state index is 13.7. The van der Waals surface area contributed by atoms with Crippen molar-refractivity contribution in [3.8, 4) is 0 Å². The Morgan fingerprint density at radius 3 is 1.98 bits per heavy atom. The van der Waals surface area contributed by atoms with Crippen molar-refractivity contribution in [2.45, 2.75) is 118 Å². The van der Waals surface area contributed by atoms with Crippen LogP contribution in [0.5, 0.6) is 0 Å². The molecule has 0 saturated carbocycles. The number of nitrogens with one attached hydrogen (secondary N) is 6. The lowest BCUT2D eigenvalue weighted by atomic mass is 10.0. The molecule has 0 aromatic carbocycles. The first-order chi connectivity index (χ1) is 21.3. The van der Waals surface area contributed by atoms with E-state index in [1.54, 1.807) is 38.5 Å². The fraction of sp³-hybridized carbons (Fsp3) is 0.697. The number of aromatic amines is 1. The number of aromatic nitrogens is 1. The quantitative estimate of drug-likeness (QED) is 0.147. The van der Waals surface area contributed by atoms with Gasteiger partial charge in [-0.2, -0.15) is 0 Å². The van der Waals surface area contributed by atoms with Crippen LogP contribution in [0.2, 0.25) is 0 Å². The maximum Gasteiger partial charge on any atom is 0.252 e. The number of rotatable bonds is 20. The van der Waals surface area contributed by atoms with Crippen LogP contribution >= 0.6 is 0 Å². The first kappa shape index (κ1) is 39.5. The number of pyridine rings is 1. The summed E-state index contributed by atoms with van der Waals surface area (Å²) >= 11 is 0. The van der Waals surface area contributed by atoms with Crippen LogP contribution in [0, 0.1) is 11.8 Å². The number of carbonyl (C=O) groups is 5. The van der Waals surface area contributed by atoms with Crippen LogP contribution in [0.3, 0.4) is 0 Å². The smallest absolute Gasteiger partial charge is 0.252 e.